The fourth-order valence-electron chi connectivity index (χ4n) is 4.83. The zero-order valence-corrected chi connectivity index (χ0v) is 13.4. The Morgan fingerprint density at radius 2 is 2.22 bits per heavy atom. The van der Waals surface area contributed by atoms with E-state index in [1.807, 2.05) is 6.07 Å². The van der Waals surface area contributed by atoms with Gasteiger partial charge in [0, 0.05) is 29.1 Å². The summed E-state index contributed by atoms with van der Waals surface area (Å²) in [5, 5.41) is 1.21. The quantitative estimate of drug-likeness (QED) is 0.824. The first-order valence-electron chi connectivity index (χ1n) is 8.34. The maximum absolute atomic E-state index is 12.8. The van der Waals surface area contributed by atoms with Gasteiger partial charge >= 0.3 is 0 Å². The van der Waals surface area contributed by atoms with E-state index in [1.54, 1.807) is 7.11 Å². The average Bonchev–Trinajstić information content (AvgIpc) is 2.95. The third kappa shape index (κ3) is 1.62. The monoisotopic (exact) mass is 308 g/mol. The van der Waals surface area contributed by atoms with E-state index in [0.717, 1.165) is 30.7 Å². The molecule has 0 aliphatic carbocycles. The van der Waals surface area contributed by atoms with Gasteiger partial charge in [0.15, 0.2) is 5.78 Å². The molecule has 23 heavy (non-hydrogen) atoms. The number of piperidine rings is 3. The van der Waals surface area contributed by atoms with Crippen molar-refractivity contribution in [3.8, 4) is 5.75 Å². The number of hydrogen-bond acceptors (Lipinski definition) is 3. The molecule has 1 aromatic carbocycles. The average molecular weight is 308 g/mol. The van der Waals surface area contributed by atoms with Crippen LogP contribution < -0.4 is 4.74 Å². The van der Waals surface area contributed by atoms with Crippen molar-refractivity contribution in [2.75, 3.05) is 13.7 Å². The van der Waals surface area contributed by atoms with Gasteiger partial charge in [-0.1, -0.05) is 6.08 Å². The van der Waals surface area contributed by atoms with Gasteiger partial charge in [-0.2, -0.15) is 0 Å². The van der Waals surface area contributed by atoms with E-state index >= 15 is 0 Å². The van der Waals surface area contributed by atoms with Gasteiger partial charge in [-0.15, -0.1) is 0 Å². The van der Waals surface area contributed by atoms with E-state index in [4.69, 9.17) is 4.74 Å². The van der Waals surface area contributed by atoms with Crippen molar-refractivity contribution in [1.29, 1.82) is 0 Å². The number of fused-ring (bicyclic) bond motifs is 4. The van der Waals surface area contributed by atoms with Crippen LogP contribution in [0.1, 0.15) is 30.6 Å². The van der Waals surface area contributed by atoms with Crippen molar-refractivity contribution in [2.45, 2.75) is 31.8 Å². The predicted molar refractivity (Wildman–Crippen MR) is 88.7 cm³/mol. The lowest BCUT2D eigenvalue weighted by atomic mass is 9.69. The highest BCUT2D eigenvalue weighted by Crippen LogP contribution is 2.50. The number of carbonyl (C=O) groups excluding carboxylic acids is 1. The smallest absolute Gasteiger partial charge is 0.157 e. The van der Waals surface area contributed by atoms with Gasteiger partial charge in [-0.05, 0) is 49.1 Å². The molecule has 3 unspecified atom stereocenters. The van der Waals surface area contributed by atoms with Gasteiger partial charge < -0.3 is 9.72 Å². The number of Topliss-reactive ketones (excluding diaryl/α,β-unsaturated/α-hetero) is 1. The van der Waals surface area contributed by atoms with Gasteiger partial charge in [0.05, 0.1) is 19.2 Å². The van der Waals surface area contributed by atoms with Crippen molar-refractivity contribution < 1.29 is 9.53 Å². The number of benzene rings is 1. The molecular formula is C19H20N2O2. The third-order valence-corrected chi connectivity index (χ3v) is 5.99. The number of aromatic amines is 1. The maximum Gasteiger partial charge on any atom is 0.157 e. The molecule has 4 bridgehead atoms. The number of ketones is 1. The molecule has 0 radical (unpaired) electrons. The second-order valence-corrected chi connectivity index (χ2v) is 6.89. The van der Waals surface area contributed by atoms with Gasteiger partial charge in [0.1, 0.15) is 5.75 Å². The minimum atomic E-state index is 0.0557. The molecule has 4 atom stereocenters. The molecule has 1 aromatic heterocycles. The summed E-state index contributed by atoms with van der Waals surface area (Å²) in [5.74, 6) is 1.43. The summed E-state index contributed by atoms with van der Waals surface area (Å²) in [6.45, 7) is 3.00. The highest BCUT2D eigenvalue weighted by molar-refractivity contribution is 5.94. The highest BCUT2D eigenvalue weighted by Gasteiger charge is 2.52. The van der Waals surface area contributed by atoms with Crippen LogP contribution in [0.15, 0.2) is 29.8 Å². The van der Waals surface area contributed by atoms with Crippen molar-refractivity contribution in [3.05, 3.63) is 41.1 Å². The van der Waals surface area contributed by atoms with Crippen LogP contribution in [0.25, 0.3) is 10.9 Å². The van der Waals surface area contributed by atoms with E-state index < -0.39 is 0 Å². The van der Waals surface area contributed by atoms with Crippen molar-refractivity contribution in [2.24, 2.45) is 5.92 Å². The van der Waals surface area contributed by atoms with Crippen LogP contribution in [0, 0.1) is 5.92 Å². The lowest BCUT2D eigenvalue weighted by Crippen LogP contribution is -2.60. The van der Waals surface area contributed by atoms with Gasteiger partial charge in [0.2, 0.25) is 0 Å². The Morgan fingerprint density at radius 3 is 3.00 bits per heavy atom. The first kappa shape index (κ1) is 13.4. The Kier molecular flexibility index (Phi) is 2.61. The molecule has 4 aliphatic rings. The Bertz CT molecular complexity index is 864. The van der Waals surface area contributed by atoms with E-state index in [1.165, 1.54) is 22.2 Å². The summed E-state index contributed by atoms with van der Waals surface area (Å²) in [5.41, 5.74) is 5.10. The molecule has 6 rings (SSSR count). The third-order valence-electron chi connectivity index (χ3n) is 5.99. The van der Waals surface area contributed by atoms with Crippen molar-refractivity contribution in [1.82, 2.24) is 9.88 Å². The first-order chi connectivity index (χ1) is 11.2. The summed E-state index contributed by atoms with van der Waals surface area (Å²) >= 11 is 0. The molecule has 0 saturated carbocycles. The molecule has 4 nitrogen and oxygen atoms in total. The maximum atomic E-state index is 12.8. The lowest BCUT2D eigenvalue weighted by Gasteiger charge is -2.53. The van der Waals surface area contributed by atoms with Gasteiger partial charge in [0.25, 0.3) is 0 Å². The Labute approximate surface area is 135 Å². The van der Waals surface area contributed by atoms with E-state index in [9.17, 15) is 4.79 Å². The van der Waals surface area contributed by atoms with Crippen LogP contribution >= 0.6 is 0 Å². The number of nitrogens with zero attached hydrogens (tertiary/aromatic N) is 1. The zero-order chi connectivity index (χ0) is 15.7. The Hall–Kier alpha value is -2.07. The molecule has 3 saturated heterocycles. The molecule has 1 N–H and O–H groups in total. The molecule has 0 amide bonds. The van der Waals surface area contributed by atoms with E-state index in [2.05, 4.69) is 35.0 Å². The van der Waals surface area contributed by atoms with E-state index in [-0.39, 0.29) is 12.0 Å². The van der Waals surface area contributed by atoms with Gasteiger partial charge in [-0.3, -0.25) is 9.69 Å². The summed E-state index contributed by atoms with van der Waals surface area (Å²) in [6.07, 6.45) is 3.89. The molecule has 2 aromatic rings. The predicted octanol–water partition coefficient (Wildman–Crippen LogP) is 2.99. The summed E-state index contributed by atoms with van der Waals surface area (Å²) < 4.78 is 5.38. The van der Waals surface area contributed by atoms with Crippen LogP contribution in [0.3, 0.4) is 0 Å². The molecule has 4 heteroatoms. The SMILES string of the molecule is C/C=C1/CN2C3Cc4c([nH]c5ccc(OC)cc45)C2C[C@H]1C3=O. The summed E-state index contributed by atoms with van der Waals surface area (Å²) in [6, 6.07) is 6.59. The number of H-pyrrole nitrogens is 1. The number of rotatable bonds is 1. The highest BCUT2D eigenvalue weighted by atomic mass is 16.5. The van der Waals surface area contributed by atoms with Crippen LogP contribution in [-0.2, 0) is 11.2 Å². The number of hydrogen-bond donors (Lipinski definition) is 1. The van der Waals surface area contributed by atoms with Crippen LogP contribution in [0.2, 0.25) is 0 Å². The minimum absolute atomic E-state index is 0.0557. The second kappa shape index (κ2) is 4.48. The Balaban J connectivity index is 1.68. The fraction of sp³-hybridized carbons (Fsp3) is 0.421. The number of carbonyl (C=O) groups is 1. The zero-order valence-electron chi connectivity index (χ0n) is 13.4. The fourth-order valence-corrected chi connectivity index (χ4v) is 4.83. The minimum Gasteiger partial charge on any atom is -0.497 e. The van der Waals surface area contributed by atoms with Crippen LogP contribution in [0.4, 0.5) is 0 Å². The standard InChI is InChI=1S/C19H20N2O2/c1-3-10-9-21-16-7-12(10)19(22)17(21)8-14-13-6-11(23-2)4-5-15(13)20-18(14)16/h3-6,12,16-17,20H,7-9H2,1-2H3/b10-3-/t12-,16?,17?/m1/s1. The Morgan fingerprint density at radius 1 is 1.35 bits per heavy atom. The molecule has 4 aliphatic heterocycles. The molecule has 118 valence electrons. The number of allylic oxidation sites excluding steroid dienone is 1. The van der Waals surface area contributed by atoms with E-state index in [0.29, 0.717) is 11.8 Å². The number of nitrogens with one attached hydrogen (secondary N) is 1. The molecule has 5 heterocycles. The lowest BCUT2D eigenvalue weighted by molar-refractivity contribution is -0.137. The van der Waals surface area contributed by atoms with Crippen molar-refractivity contribution >= 4 is 16.7 Å². The van der Waals surface area contributed by atoms with Crippen LogP contribution in [-0.4, -0.2) is 35.4 Å². The first-order valence-corrected chi connectivity index (χ1v) is 8.34. The molecule has 0 spiro atoms. The van der Waals surface area contributed by atoms with Gasteiger partial charge in [-0.25, -0.2) is 0 Å². The van der Waals surface area contributed by atoms with Crippen molar-refractivity contribution in [3.63, 3.8) is 0 Å². The number of ether oxygens (including phenoxy) is 1. The number of methoxy groups -OCH3 is 1. The summed E-state index contributed by atoms with van der Waals surface area (Å²) in [7, 11) is 1.70. The molecular weight excluding hydrogens is 288 g/mol. The summed E-state index contributed by atoms with van der Waals surface area (Å²) in [4.78, 5) is 18.9. The molecule has 3 fully saturated rings. The topological polar surface area (TPSA) is 45.3 Å². The van der Waals surface area contributed by atoms with Crippen LogP contribution in [0.5, 0.6) is 5.75 Å². The number of aromatic nitrogens is 1. The largest absolute Gasteiger partial charge is 0.497 e. The normalized spacial score (nSPS) is 33.3. The second-order valence-electron chi connectivity index (χ2n) is 6.89.